The highest BCUT2D eigenvalue weighted by atomic mass is 79.9. The Hall–Kier alpha value is -2.14. The predicted octanol–water partition coefficient (Wildman–Crippen LogP) is 3.54. The molecule has 2 aromatic carbocycles. The Labute approximate surface area is 138 Å². The number of ether oxygens (including phenoxy) is 1. The number of nitrogens with one attached hydrogen (secondary N) is 1. The molecule has 0 saturated heterocycles. The molecule has 0 aliphatic carbocycles. The zero-order chi connectivity index (χ0) is 15.8. The van der Waals surface area contributed by atoms with Crippen molar-refractivity contribution in [2.24, 2.45) is 5.10 Å². The molecule has 2 aromatic rings. The quantitative estimate of drug-likeness (QED) is 0.632. The molecule has 0 aliphatic heterocycles. The van der Waals surface area contributed by atoms with E-state index < -0.39 is 0 Å². The lowest BCUT2D eigenvalue weighted by Crippen LogP contribution is -2.24. The number of rotatable bonds is 6. The van der Waals surface area contributed by atoms with Crippen LogP contribution in [0, 0.1) is 0 Å². The van der Waals surface area contributed by atoms with Crippen LogP contribution < -0.4 is 10.2 Å². The van der Waals surface area contributed by atoms with Gasteiger partial charge < -0.3 is 4.74 Å². The summed E-state index contributed by atoms with van der Waals surface area (Å²) in [6, 6.07) is 15.4. The van der Waals surface area contributed by atoms with Gasteiger partial charge in [0.25, 0.3) is 5.91 Å². The first-order valence-corrected chi connectivity index (χ1v) is 7.76. The van der Waals surface area contributed by atoms with Gasteiger partial charge in [0.1, 0.15) is 5.75 Å². The van der Waals surface area contributed by atoms with Gasteiger partial charge in [-0.2, -0.15) is 5.10 Å². The average Bonchev–Trinajstić information content (AvgIpc) is 2.55. The molecule has 0 atom stereocenters. The van der Waals surface area contributed by atoms with Crippen LogP contribution in [0.5, 0.6) is 5.75 Å². The van der Waals surface area contributed by atoms with Crippen molar-refractivity contribution >= 4 is 28.1 Å². The van der Waals surface area contributed by atoms with E-state index >= 15 is 0 Å². The minimum absolute atomic E-state index is 0.0886. The Bertz CT molecular complexity index is 654. The molecule has 0 unspecified atom stereocenters. The maximum absolute atomic E-state index is 11.7. The van der Waals surface area contributed by atoms with E-state index in [2.05, 4.69) is 33.4 Å². The van der Waals surface area contributed by atoms with Crippen LogP contribution >= 0.6 is 15.9 Å². The van der Waals surface area contributed by atoms with E-state index in [0.717, 1.165) is 16.5 Å². The molecule has 5 heteroatoms. The highest BCUT2D eigenvalue weighted by molar-refractivity contribution is 9.10. The van der Waals surface area contributed by atoms with Crippen LogP contribution in [0.1, 0.15) is 18.1 Å². The van der Waals surface area contributed by atoms with Gasteiger partial charge in [-0.05, 0) is 45.6 Å². The van der Waals surface area contributed by atoms with Gasteiger partial charge >= 0.3 is 0 Å². The van der Waals surface area contributed by atoms with Crippen molar-refractivity contribution in [3.8, 4) is 5.75 Å². The summed E-state index contributed by atoms with van der Waals surface area (Å²) in [7, 11) is 0. The average molecular weight is 361 g/mol. The predicted molar refractivity (Wildman–Crippen MR) is 91.2 cm³/mol. The molecule has 1 N–H and O–H groups in total. The smallest absolute Gasteiger partial charge is 0.277 e. The van der Waals surface area contributed by atoms with Gasteiger partial charge in [-0.1, -0.05) is 43.3 Å². The molecule has 0 aliphatic rings. The number of nitrogens with zero attached hydrogens (tertiary/aromatic N) is 1. The van der Waals surface area contributed by atoms with Gasteiger partial charge in [0.2, 0.25) is 0 Å². The molecule has 0 aromatic heterocycles. The summed E-state index contributed by atoms with van der Waals surface area (Å²) in [6.07, 6.45) is 2.61. The number of aryl methyl sites for hydroxylation is 1. The highest BCUT2D eigenvalue weighted by Gasteiger charge is 2.03. The molecule has 0 heterocycles. The monoisotopic (exact) mass is 360 g/mol. The second kappa shape index (κ2) is 8.34. The zero-order valence-electron chi connectivity index (χ0n) is 12.3. The molecule has 114 valence electrons. The van der Waals surface area contributed by atoms with Gasteiger partial charge in [0.15, 0.2) is 6.61 Å². The van der Waals surface area contributed by atoms with Gasteiger partial charge in [-0.25, -0.2) is 5.43 Å². The fourth-order valence-electron chi connectivity index (χ4n) is 1.76. The van der Waals surface area contributed by atoms with Gasteiger partial charge in [-0.3, -0.25) is 4.79 Å². The van der Waals surface area contributed by atoms with E-state index in [1.807, 2.05) is 42.5 Å². The van der Waals surface area contributed by atoms with Crippen LogP contribution in [0.4, 0.5) is 0 Å². The number of hydrogen-bond acceptors (Lipinski definition) is 3. The van der Waals surface area contributed by atoms with Crippen LogP contribution in [-0.2, 0) is 11.2 Å². The number of hydrogen-bond donors (Lipinski definition) is 1. The molecule has 0 bridgehead atoms. The zero-order valence-corrected chi connectivity index (χ0v) is 13.8. The summed E-state index contributed by atoms with van der Waals surface area (Å²) >= 11 is 3.35. The van der Waals surface area contributed by atoms with Crippen LogP contribution in [0.15, 0.2) is 58.1 Å². The Balaban J connectivity index is 1.79. The molecule has 22 heavy (non-hydrogen) atoms. The number of carbonyl (C=O) groups excluding carboxylic acids is 1. The van der Waals surface area contributed by atoms with Crippen molar-refractivity contribution in [2.45, 2.75) is 13.3 Å². The third-order valence-corrected chi connectivity index (χ3v) is 3.64. The maximum Gasteiger partial charge on any atom is 0.277 e. The lowest BCUT2D eigenvalue weighted by molar-refractivity contribution is -0.123. The summed E-state index contributed by atoms with van der Waals surface area (Å²) in [5.41, 5.74) is 4.64. The van der Waals surface area contributed by atoms with Gasteiger partial charge in [0, 0.05) is 0 Å². The molecule has 0 saturated carbocycles. The fraction of sp³-hybridized carbons (Fsp3) is 0.176. The molecular formula is C17H17BrN2O2. The molecule has 1 amide bonds. The van der Waals surface area contributed by atoms with E-state index in [0.29, 0.717) is 5.75 Å². The lowest BCUT2D eigenvalue weighted by atomic mass is 10.1. The van der Waals surface area contributed by atoms with E-state index in [-0.39, 0.29) is 12.5 Å². The highest BCUT2D eigenvalue weighted by Crippen LogP contribution is 2.23. The number of carbonyl (C=O) groups is 1. The summed E-state index contributed by atoms with van der Waals surface area (Å²) in [5, 5.41) is 3.92. The van der Waals surface area contributed by atoms with Crippen molar-refractivity contribution < 1.29 is 9.53 Å². The minimum atomic E-state index is -0.308. The first kappa shape index (κ1) is 16.2. The van der Waals surface area contributed by atoms with Crippen LogP contribution in [0.3, 0.4) is 0 Å². The first-order valence-electron chi connectivity index (χ1n) is 6.97. The van der Waals surface area contributed by atoms with E-state index in [1.165, 1.54) is 5.56 Å². The summed E-state index contributed by atoms with van der Waals surface area (Å²) in [4.78, 5) is 11.7. The molecule has 4 nitrogen and oxygen atoms in total. The normalized spacial score (nSPS) is 10.6. The molecule has 0 radical (unpaired) electrons. The van der Waals surface area contributed by atoms with Gasteiger partial charge in [-0.15, -0.1) is 0 Å². The number of amides is 1. The van der Waals surface area contributed by atoms with E-state index in [1.54, 1.807) is 12.3 Å². The first-order chi connectivity index (χ1) is 10.7. The molecular weight excluding hydrogens is 344 g/mol. The third kappa shape index (κ3) is 5.00. The Kier molecular flexibility index (Phi) is 6.15. The van der Waals surface area contributed by atoms with Crippen LogP contribution in [-0.4, -0.2) is 18.7 Å². The topological polar surface area (TPSA) is 50.7 Å². The van der Waals surface area contributed by atoms with Crippen molar-refractivity contribution in [1.82, 2.24) is 5.43 Å². The Morgan fingerprint density at radius 2 is 1.95 bits per heavy atom. The second-order valence-electron chi connectivity index (χ2n) is 4.61. The second-order valence-corrected chi connectivity index (χ2v) is 5.46. The Morgan fingerprint density at radius 1 is 1.23 bits per heavy atom. The summed E-state index contributed by atoms with van der Waals surface area (Å²) in [5.74, 6) is 0.314. The molecule has 2 rings (SSSR count). The lowest BCUT2D eigenvalue weighted by Gasteiger charge is -2.06. The fourth-order valence-corrected chi connectivity index (χ4v) is 2.15. The van der Waals surface area contributed by atoms with Crippen molar-refractivity contribution in [3.63, 3.8) is 0 Å². The SMILES string of the molecule is CCc1ccc(/C=N\NC(=O)COc2ccccc2Br)cc1. The van der Waals surface area contributed by atoms with Crippen molar-refractivity contribution in [1.29, 1.82) is 0 Å². The van der Waals surface area contributed by atoms with Crippen LogP contribution in [0.2, 0.25) is 0 Å². The standard InChI is InChI=1S/C17H17BrN2O2/c1-2-13-7-9-14(10-8-13)11-19-20-17(21)12-22-16-6-4-3-5-15(16)18/h3-11H,2,12H2,1H3,(H,20,21)/b19-11-. The van der Waals surface area contributed by atoms with Gasteiger partial charge in [0.05, 0.1) is 10.7 Å². The number of benzene rings is 2. The number of hydrazone groups is 1. The number of halogens is 1. The maximum atomic E-state index is 11.7. The third-order valence-electron chi connectivity index (χ3n) is 2.99. The van der Waals surface area contributed by atoms with E-state index in [9.17, 15) is 4.79 Å². The Morgan fingerprint density at radius 3 is 2.64 bits per heavy atom. The summed E-state index contributed by atoms with van der Waals surface area (Å²) in [6.45, 7) is 2.02. The molecule has 0 spiro atoms. The van der Waals surface area contributed by atoms with E-state index in [4.69, 9.17) is 4.74 Å². The summed E-state index contributed by atoms with van der Waals surface area (Å²) < 4.78 is 6.21. The molecule has 0 fully saturated rings. The number of para-hydroxylation sites is 1. The van der Waals surface area contributed by atoms with Crippen molar-refractivity contribution in [2.75, 3.05) is 6.61 Å². The minimum Gasteiger partial charge on any atom is -0.483 e. The van der Waals surface area contributed by atoms with Crippen LogP contribution in [0.25, 0.3) is 0 Å². The largest absolute Gasteiger partial charge is 0.483 e. The van der Waals surface area contributed by atoms with Crippen molar-refractivity contribution in [3.05, 3.63) is 64.1 Å².